The largest absolute Gasteiger partial charge is 0.351 e. The Hall–Kier alpha value is -0.810. The van der Waals surface area contributed by atoms with Crippen molar-refractivity contribution in [3.05, 3.63) is 0 Å². The van der Waals surface area contributed by atoms with Crippen molar-refractivity contribution >= 4 is 6.03 Å². The maximum Gasteiger partial charge on any atom is 0.314 e. The van der Waals surface area contributed by atoms with Gasteiger partial charge >= 0.3 is 6.03 Å². The molecule has 1 unspecified atom stereocenters. The second-order valence-electron chi connectivity index (χ2n) is 5.37. The van der Waals surface area contributed by atoms with E-state index >= 15 is 0 Å². The normalized spacial score (nSPS) is 28.3. The maximum atomic E-state index is 11.0. The van der Waals surface area contributed by atoms with E-state index in [0.717, 1.165) is 32.5 Å². The first kappa shape index (κ1) is 12.6. The topological polar surface area (TPSA) is 61.6 Å². The van der Waals surface area contributed by atoms with Crippen LogP contribution in [0.5, 0.6) is 0 Å². The maximum absolute atomic E-state index is 11.0. The summed E-state index contributed by atoms with van der Waals surface area (Å²) in [6.07, 6.45) is 4.63. The number of primary amides is 1. The van der Waals surface area contributed by atoms with E-state index in [1.807, 2.05) is 0 Å². The first-order valence-electron chi connectivity index (χ1n) is 6.64. The number of rotatable bonds is 2. The number of nitrogens with two attached hydrogens (primary N) is 1. The zero-order valence-electron chi connectivity index (χ0n) is 10.7. The Morgan fingerprint density at radius 3 is 2.47 bits per heavy atom. The summed E-state index contributed by atoms with van der Waals surface area (Å²) >= 11 is 0. The van der Waals surface area contributed by atoms with Crippen molar-refractivity contribution < 1.29 is 4.79 Å². The monoisotopic (exact) mass is 240 g/mol. The minimum absolute atomic E-state index is 0.277. The average Bonchev–Trinajstić information content (AvgIpc) is 2.29. The minimum atomic E-state index is -0.277. The number of nitrogens with zero attached hydrogens (tertiary/aromatic N) is 2. The molecule has 2 heterocycles. The van der Waals surface area contributed by atoms with Crippen LogP contribution in [0, 0.1) is 0 Å². The van der Waals surface area contributed by atoms with Gasteiger partial charge in [0.25, 0.3) is 0 Å². The minimum Gasteiger partial charge on any atom is -0.351 e. The van der Waals surface area contributed by atoms with Gasteiger partial charge in [0, 0.05) is 31.7 Å². The Kier molecular flexibility index (Phi) is 4.23. The third-order valence-electron chi connectivity index (χ3n) is 3.90. The van der Waals surface area contributed by atoms with E-state index in [1.165, 1.54) is 19.4 Å². The van der Waals surface area contributed by atoms with Gasteiger partial charge < -0.3 is 20.9 Å². The van der Waals surface area contributed by atoms with Crippen molar-refractivity contribution in [1.82, 2.24) is 15.1 Å². The lowest BCUT2D eigenvalue weighted by Gasteiger charge is -2.37. The average molecular weight is 240 g/mol. The number of urea groups is 1. The highest BCUT2D eigenvalue weighted by atomic mass is 16.2. The van der Waals surface area contributed by atoms with Gasteiger partial charge in [0.2, 0.25) is 0 Å². The number of likely N-dealkylation sites (tertiary alicyclic amines) is 2. The van der Waals surface area contributed by atoms with Crippen molar-refractivity contribution in [2.24, 2.45) is 5.73 Å². The summed E-state index contributed by atoms with van der Waals surface area (Å²) in [4.78, 5) is 15.1. The molecular weight excluding hydrogens is 216 g/mol. The molecule has 5 heteroatoms. The lowest BCUT2D eigenvalue weighted by atomic mass is 10.0. The van der Waals surface area contributed by atoms with E-state index in [0.29, 0.717) is 12.1 Å². The summed E-state index contributed by atoms with van der Waals surface area (Å²) in [5.74, 6) is 0. The van der Waals surface area contributed by atoms with Crippen LogP contribution in [0.1, 0.15) is 25.7 Å². The third kappa shape index (κ3) is 3.57. The molecule has 2 saturated heterocycles. The molecule has 2 rings (SSSR count). The number of piperidine rings is 2. The van der Waals surface area contributed by atoms with Gasteiger partial charge in [0.15, 0.2) is 0 Å². The number of carbonyl (C=O) groups is 1. The molecule has 0 bridgehead atoms. The van der Waals surface area contributed by atoms with E-state index in [4.69, 9.17) is 5.73 Å². The van der Waals surface area contributed by atoms with Crippen LogP contribution in [0.4, 0.5) is 4.79 Å². The summed E-state index contributed by atoms with van der Waals surface area (Å²) in [5, 5.41) is 3.73. The molecule has 1 atom stereocenters. The number of nitrogens with one attached hydrogen (secondary N) is 1. The molecule has 0 aromatic heterocycles. The van der Waals surface area contributed by atoms with Crippen LogP contribution in [-0.4, -0.2) is 61.1 Å². The molecule has 2 amide bonds. The molecule has 2 fully saturated rings. The molecule has 0 aliphatic carbocycles. The molecule has 98 valence electrons. The van der Waals surface area contributed by atoms with E-state index in [-0.39, 0.29) is 6.03 Å². The Labute approximate surface area is 103 Å². The Balaban J connectivity index is 1.72. The molecule has 3 N–H and O–H groups in total. The van der Waals surface area contributed by atoms with E-state index < -0.39 is 0 Å². The van der Waals surface area contributed by atoms with Crippen LogP contribution < -0.4 is 11.1 Å². The summed E-state index contributed by atoms with van der Waals surface area (Å²) in [5.41, 5.74) is 5.27. The van der Waals surface area contributed by atoms with Gasteiger partial charge in [0.05, 0.1) is 0 Å². The van der Waals surface area contributed by atoms with Crippen molar-refractivity contribution in [2.45, 2.75) is 37.8 Å². The molecule has 2 aliphatic rings. The fourth-order valence-electron chi connectivity index (χ4n) is 2.90. The summed E-state index contributed by atoms with van der Waals surface area (Å²) in [6, 6.07) is 0.904. The molecule has 0 radical (unpaired) electrons. The van der Waals surface area contributed by atoms with Crippen molar-refractivity contribution in [2.75, 3.05) is 33.2 Å². The van der Waals surface area contributed by atoms with Gasteiger partial charge in [-0.1, -0.05) is 0 Å². The van der Waals surface area contributed by atoms with Gasteiger partial charge in [-0.15, -0.1) is 0 Å². The highest BCUT2D eigenvalue weighted by molar-refractivity contribution is 5.72. The number of amides is 2. The van der Waals surface area contributed by atoms with Gasteiger partial charge in [-0.05, 0) is 39.3 Å². The van der Waals surface area contributed by atoms with Gasteiger partial charge in [-0.2, -0.15) is 0 Å². The summed E-state index contributed by atoms with van der Waals surface area (Å²) in [6.45, 7) is 3.97. The number of likely N-dealkylation sites (N-methyl/N-ethyl adjacent to an activating group) is 1. The molecular formula is C12H24N4O. The summed E-state index contributed by atoms with van der Waals surface area (Å²) in [7, 11) is 2.18. The van der Waals surface area contributed by atoms with Crippen LogP contribution in [0.15, 0.2) is 0 Å². The van der Waals surface area contributed by atoms with E-state index in [1.54, 1.807) is 4.90 Å². The van der Waals surface area contributed by atoms with Crippen LogP contribution in [0.2, 0.25) is 0 Å². The quantitative estimate of drug-likeness (QED) is 0.725. The molecule has 17 heavy (non-hydrogen) atoms. The lowest BCUT2D eigenvalue weighted by molar-refractivity contribution is 0.168. The van der Waals surface area contributed by atoms with Gasteiger partial charge in [-0.25, -0.2) is 4.79 Å². The SMILES string of the molecule is CN1CCCC(NC2CCN(C(N)=O)CC2)C1. The zero-order chi connectivity index (χ0) is 12.3. The lowest BCUT2D eigenvalue weighted by Crippen LogP contribution is -2.52. The van der Waals surface area contributed by atoms with Crippen LogP contribution >= 0.6 is 0 Å². The fraction of sp³-hybridized carbons (Fsp3) is 0.917. The summed E-state index contributed by atoms with van der Waals surface area (Å²) < 4.78 is 0. The Morgan fingerprint density at radius 1 is 1.18 bits per heavy atom. The first-order chi connectivity index (χ1) is 8.15. The number of carbonyl (C=O) groups excluding carboxylic acids is 1. The Morgan fingerprint density at radius 2 is 1.88 bits per heavy atom. The fourth-order valence-corrected chi connectivity index (χ4v) is 2.90. The van der Waals surface area contributed by atoms with Crippen molar-refractivity contribution in [1.29, 1.82) is 0 Å². The van der Waals surface area contributed by atoms with Crippen LogP contribution in [0.25, 0.3) is 0 Å². The van der Waals surface area contributed by atoms with Crippen LogP contribution in [0.3, 0.4) is 0 Å². The van der Waals surface area contributed by atoms with Crippen LogP contribution in [-0.2, 0) is 0 Å². The smallest absolute Gasteiger partial charge is 0.314 e. The molecule has 0 aromatic rings. The van der Waals surface area contributed by atoms with Gasteiger partial charge in [0.1, 0.15) is 0 Å². The van der Waals surface area contributed by atoms with Crippen molar-refractivity contribution in [3.63, 3.8) is 0 Å². The van der Waals surface area contributed by atoms with Gasteiger partial charge in [-0.3, -0.25) is 0 Å². The molecule has 0 saturated carbocycles. The molecule has 2 aliphatic heterocycles. The number of hydrogen-bond donors (Lipinski definition) is 2. The highest BCUT2D eigenvalue weighted by Crippen LogP contribution is 2.14. The number of hydrogen-bond acceptors (Lipinski definition) is 3. The van der Waals surface area contributed by atoms with E-state index in [9.17, 15) is 4.79 Å². The predicted molar refractivity (Wildman–Crippen MR) is 67.8 cm³/mol. The molecule has 0 aromatic carbocycles. The second kappa shape index (κ2) is 5.69. The predicted octanol–water partition coefficient (Wildman–Crippen LogP) is 0.213. The van der Waals surface area contributed by atoms with E-state index in [2.05, 4.69) is 17.3 Å². The van der Waals surface area contributed by atoms with Crippen molar-refractivity contribution in [3.8, 4) is 0 Å². The highest BCUT2D eigenvalue weighted by Gasteiger charge is 2.24. The first-order valence-corrected chi connectivity index (χ1v) is 6.64. The zero-order valence-corrected chi connectivity index (χ0v) is 10.7. The molecule has 5 nitrogen and oxygen atoms in total. The Bertz CT molecular complexity index is 263. The molecule has 0 spiro atoms. The standard InChI is InChI=1S/C12H24N4O/c1-15-6-2-3-11(9-15)14-10-4-7-16(8-5-10)12(13)17/h10-11,14H,2-9H2,1H3,(H2,13,17). The second-order valence-corrected chi connectivity index (χ2v) is 5.37. The third-order valence-corrected chi connectivity index (χ3v) is 3.90.